The first-order chi connectivity index (χ1) is 13.6. The smallest absolute Gasteiger partial charge is 0.162 e. The van der Waals surface area contributed by atoms with E-state index in [0.717, 1.165) is 41.2 Å². The third-order valence-electron chi connectivity index (χ3n) is 5.31. The lowest BCUT2D eigenvalue weighted by Crippen LogP contribution is -2.03. The number of rotatable bonds is 3. The minimum atomic E-state index is 0.653. The number of hydrogen-bond donors (Lipinski definition) is 1. The largest absolute Gasteiger partial charge is 0.377 e. The van der Waals surface area contributed by atoms with Crippen LogP contribution in [0, 0.1) is 13.8 Å². The van der Waals surface area contributed by atoms with Crippen LogP contribution in [-0.4, -0.2) is 32.7 Å². The third kappa shape index (κ3) is 3.01. The van der Waals surface area contributed by atoms with Gasteiger partial charge < -0.3 is 14.3 Å². The Morgan fingerprint density at radius 3 is 2.89 bits per heavy atom. The van der Waals surface area contributed by atoms with Crippen molar-refractivity contribution in [3.63, 3.8) is 0 Å². The Hall–Kier alpha value is -2.63. The number of ether oxygens (including phenoxy) is 1. The monoisotopic (exact) mass is 392 g/mol. The maximum atomic E-state index is 6.37. The summed E-state index contributed by atoms with van der Waals surface area (Å²) in [7, 11) is 0. The first-order valence-electron chi connectivity index (χ1n) is 9.47. The second kappa shape index (κ2) is 6.76. The van der Waals surface area contributed by atoms with Gasteiger partial charge in [-0.1, -0.05) is 23.7 Å². The molecule has 0 aliphatic carbocycles. The average Bonchev–Trinajstić information content (AvgIpc) is 3.24. The number of nitrogens with zero attached hydrogens (tertiary/aromatic N) is 3. The number of halogens is 1. The van der Waals surface area contributed by atoms with E-state index in [2.05, 4.69) is 49.9 Å². The fourth-order valence-electron chi connectivity index (χ4n) is 3.87. The predicted molar refractivity (Wildman–Crippen MR) is 113 cm³/mol. The van der Waals surface area contributed by atoms with Crippen LogP contribution < -0.4 is 0 Å². The van der Waals surface area contributed by atoms with Gasteiger partial charge in [-0.2, -0.15) is 0 Å². The number of fused-ring (bicyclic) bond motifs is 2. The van der Waals surface area contributed by atoms with Crippen LogP contribution in [0.3, 0.4) is 0 Å². The molecule has 0 spiro atoms. The Kier molecular flexibility index (Phi) is 4.22. The van der Waals surface area contributed by atoms with Crippen LogP contribution in [0.5, 0.6) is 0 Å². The van der Waals surface area contributed by atoms with Gasteiger partial charge in [0, 0.05) is 22.3 Å². The summed E-state index contributed by atoms with van der Waals surface area (Å²) in [5.41, 5.74) is 7.37. The van der Waals surface area contributed by atoms with Crippen LogP contribution in [-0.2, 0) is 11.3 Å². The topological polar surface area (TPSA) is 55.7 Å². The fourth-order valence-corrected chi connectivity index (χ4v) is 4.16. The first kappa shape index (κ1) is 17.5. The quantitative estimate of drug-likeness (QED) is 0.531. The van der Waals surface area contributed by atoms with Crippen molar-refractivity contribution in [2.24, 2.45) is 0 Å². The van der Waals surface area contributed by atoms with E-state index >= 15 is 0 Å². The number of aryl methyl sites for hydroxylation is 2. The minimum absolute atomic E-state index is 0.653. The number of aromatic amines is 1. The van der Waals surface area contributed by atoms with Crippen molar-refractivity contribution < 1.29 is 4.74 Å². The van der Waals surface area contributed by atoms with Gasteiger partial charge in [0.25, 0.3) is 0 Å². The zero-order valence-electron chi connectivity index (χ0n) is 15.9. The van der Waals surface area contributed by atoms with Crippen LogP contribution in [0.1, 0.15) is 29.2 Å². The Morgan fingerprint density at radius 2 is 2.07 bits per heavy atom. The van der Waals surface area contributed by atoms with E-state index in [1.165, 1.54) is 22.2 Å². The van der Waals surface area contributed by atoms with E-state index in [4.69, 9.17) is 16.3 Å². The summed E-state index contributed by atoms with van der Waals surface area (Å²) in [4.78, 5) is 12.8. The van der Waals surface area contributed by atoms with E-state index in [-0.39, 0.29) is 0 Å². The van der Waals surface area contributed by atoms with Gasteiger partial charge in [-0.05, 0) is 55.7 Å². The maximum absolute atomic E-state index is 6.37. The lowest BCUT2D eigenvalue weighted by Gasteiger charge is -2.11. The molecule has 5 nitrogen and oxygen atoms in total. The van der Waals surface area contributed by atoms with Gasteiger partial charge >= 0.3 is 0 Å². The van der Waals surface area contributed by atoms with Crippen LogP contribution in [0.25, 0.3) is 27.6 Å². The molecule has 1 aliphatic rings. The Bertz CT molecular complexity index is 1230. The van der Waals surface area contributed by atoms with Crippen LogP contribution in [0.2, 0.25) is 5.02 Å². The number of nitrogens with one attached hydrogen (secondary N) is 1. The Morgan fingerprint density at radius 1 is 1.18 bits per heavy atom. The van der Waals surface area contributed by atoms with Gasteiger partial charge in [0.05, 0.1) is 24.8 Å². The highest BCUT2D eigenvalue weighted by Gasteiger charge is 2.14. The van der Waals surface area contributed by atoms with Crippen molar-refractivity contribution in [1.82, 2.24) is 19.5 Å². The summed E-state index contributed by atoms with van der Waals surface area (Å²) >= 11 is 6.37. The molecule has 0 saturated carbocycles. The van der Waals surface area contributed by atoms with Gasteiger partial charge in [-0.3, -0.25) is 0 Å². The number of H-pyrrole nitrogens is 1. The highest BCUT2D eigenvalue weighted by molar-refractivity contribution is 6.34. The molecule has 0 bridgehead atoms. The summed E-state index contributed by atoms with van der Waals surface area (Å²) in [6.45, 7) is 6.14. The van der Waals surface area contributed by atoms with Gasteiger partial charge in [0.1, 0.15) is 11.3 Å². The molecule has 0 radical (unpaired) electrons. The number of hydrogen-bond acceptors (Lipinski definition) is 3. The second-order valence-corrected chi connectivity index (χ2v) is 7.73. The molecule has 3 aromatic heterocycles. The van der Waals surface area contributed by atoms with Gasteiger partial charge in [0.15, 0.2) is 5.65 Å². The van der Waals surface area contributed by atoms with Crippen molar-refractivity contribution in [1.29, 1.82) is 0 Å². The minimum Gasteiger partial charge on any atom is -0.377 e. The lowest BCUT2D eigenvalue weighted by molar-refractivity contribution is 0.161. The average molecular weight is 393 g/mol. The number of aromatic nitrogens is 4. The van der Waals surface area contributed by atoms with E-state index in [0.29, 0.717) is 18.2 Å². The number of imidazole rings is 1. The van der Waals surface area contributed by atoms with Crippen LogP contribution >= 0.6 is 11.6 Å². The zero-order chi connectivity index (χ0) is 19.3. The lowest BCUT2D eigenvalue weighted by atomic mass is 10.1. The maximum Gasteiger partial charge on any atom is 0.162 e. The third-order valence-corrected chi connectivity index (χ3v) is 5.60. The molecular weight excluding hydrogens is 372 g/mol. The van der Waals surface area contributed by atoms with Crippen molar-refractivity contribution in [2.75, 3.05) is 13.2 Å². The van der Waals surface area contributed by atoms with Crippen molar-refractivity contribution in [3.8, 4) is 0 Å². The summed E-state index contributed by atoms with van der Waals surface area (Å²) in [5.74, 6) is 0.914. The van der Waals surface area contributed by atoms with Gasteiger partial charge in [-0.25, -0.2) is 9.97 Å². The summed E-state index contributed by atoms with van der Waals surface area (Å²) < 4.78 is 7.55. The van der Waals surface area contributed by atoms with E-state index < -0.39 is 0 Å². The molecule has 0 unspecified atom stereocenters. The Labute approximate surface area is 168 Å². The second-order valence-electron chi connectivity index (χ2n) is 7.32. The van der Waals surface area contributed by atoms with Gasteiger partial charge in [-0.15, -0.1) is 0 Å². The van der Waals surface area contributed by atoms with Crippen molar-refractivity contribution in [3.05, 3.63) is 64.2 Å². The molecule has 1 aromatic carbocycles. The molecule has 0 fully saturated rings. The van der Waals surface area contributed by atoms with Crippen molar-refractivity contribution in [2.45, 2.75) is 26.8 Å². The molecule has 0 atom stereocenters. The summed E-state index contributed by atoms with van der Waals surface area (Å²) in [6.07, 6.45) is 3.11. The Balaban J connectivity index is 1.53. The van der Waals surface area contributed by atoms with Gasteiger partial charge in [0.2, 0.25) is 0 Å². The fraction of sp³-hybridized carbons (Fsp3) is 0.273. The highest BCUT2D eigenvalue weighted by atomic mass is 35.5. The zero-order valence-corrected chi connectivity index (χ0v) is 16.7. The molecule has 0 saturated heterocycles. The predicted octanol–water partition coefficient (Wildman–Crippen LogP) is 5.03. The highest BCUT2D eigenvalue weighted by Crippen LogP contribution is 2.27. The molecule has 0 amide bonds. The summed E-state index contributed by atoms with van der Waals surface area (Å²) in [6, 6.07) is 10.6. The molecule has 142 valence electrons. The molecule has 5 rings (SSSR count). The normalized spacial score (nSPS) is 14.8. The van der Waals surface area contributed by atoms with Crippen LogP contribution in [0.15, 0.2) is 36.4 Å². The summed E-state index contributed by atoms with van der Waals surface area (Å²) in [5, 5.41) is 1.86. The molecule has 4 aromatic rings. The van der Waals surface area contributed by atoms with E-state index in [9.17, 15) is 0 Å². The molecule has 28 heavy (non-hydrogen) atoms. The van der Waals surface area contributed by atoms with Crippen LogP contribution in [0.4, 0.5) is 0 Å². The number of pyridine rings is 1. The van der Waals surface area contributed by atoms with Crippen molar-refractivity contribution >= 4 is 39.2 Å². The van der Waals surface area contributed by atoms with E-state index in [1.54, 1.807) is 0 Å². The molecule has 6 heteroatoms. The first-order valence-corrected chi connectivity index (χ1v) is 9.85. The molecular formula is C22H21ClN4O. The molecule has 1 aliphatic heterocycles. The standard InChI is InChI=1S/C22H21ClN4O/c1-13-9-18(23)21-22(24-13)27(14(2)25-21)12-15-3-4-19-17(10-15)11-20(26-19)16-5-7-28-8-6-16/h3-5,9-11,26H,6-8,12H2,1-2H3. The SMILES string of the molecule is Cc1cc(Cl)c2nc(C)n(Cc3ccc4[nH]c(C5=CCOCC5)cc4c3)c2n1. The van der Waals surface area contributed by atoms with E-state index in [1.807, 2.05) is 19.9 Å². The molecule has 1 N–H and O–H groups in total. The molecule has 4 heterocycles. The number of benzene rings is 1.